The number of anilines is 2. The van der Waals surface area contributed by atoms with Gasteiger partial charge in [-0.1, -0.05) is 0 Å². The highest BCUT2D eigenvalue weighted by molar-refractivity contribution is 5.62. The molecule has 0 radical (unpaired) electrons. The van der Waals surface area contributed by atoms with Crippen molar-refractivity contribution in [2.24, 2.45) is 5.92 Å². The summed E-state index contributed by atoms with van der Waals surface area (Å²) in [6.07, 6.45) is 1.80. The summed E-state index contributed by atoms with van der Waals surface area (Å²) in [4.78, 5) is 28.1. The van der Waals surface area contributed by atoms with E-state index in [2.05, 4.69) is 4.98 Å². The molecule has 118 valence electrons. The van der Waals surface area contributed by atoms with Gasteiger partial charge in [0.1, 0.15) is 11.5 Å². The van der Waals surface area contributed by atoms with Gasteiger partial charge in [0, 0.05) is 26.8 Å². The van der Waals surface area contributed by atoms with Gasteiger partial charge in [0.25, 0.3) is 5.56 Å². The van der Waals surface area contributed by atoms with Gasteiger partial charge >= 0.3 is 5.69 Å². The van der Waals surface area contributed by atoms with Gasteiger partial charge in [0.15, 0.2) is 0 Å². The lowest BCUT2D eigenvalue weighted by molar-refractivity contribution is 0.186. The van der Waals surface area contributed by atoms with Crippen LogP contribution >= 0.6 is 0 Å². The highest BCUT2D eigenvalue weighted by atomic mass is 16.5. The number of hydrogen-bond acceptors (Lipinski definition) is 6. The summed E-state index contributed by atoms with van der Waals surface area (Å²) in [6, 6.07) is 0. The minimum Gasteiger partial charge on any atom is -0.396 e. The van der Waals surface area contributed by atoms with Crippen LogP contribution in [0, 0.1) is 5.92 Å². The smallest absolute Gasteiger partial charge is 0.330 e. The SMILES string of the molecule is COCCn1c(N)c(N2CCCC(CO)C2)c(=O)[nH]c1=O. The minimum absolute atomic E-state index is 0.0810. The normalized spacial score (nSPS) is 19.0. The molecular formula is C13H22N4O4. The molecule has 4 N–H and O–H groups in total. The van der Waals surface area contributed by atoms with Crippen LogP contribution in [0.2, 0.25) is 0 Å². The number of aliphatic hydroxyl groups is 1. The van der Waals surface area contributed by atoms with Crippen molar-refractivity contribution in [3.63, 3.8) is 0 Å². The molecule has 0 bridgehead atoms. The second-order valence-electron chi connectivity index (χ2n) is 5.27. The Morgan fingerprint density at radius 2 is 2.24 bits per heavy atom. The van der Waals surface area contributed by atoms with Gasteiger partial charge in [-0.25, -0.2) is 4.79 Å². The van der Waals surface area contributed by atoms with Crippen molar-refractivity contribution in [2.45, 2.75) is 19.4 Å². The first-order chi connectivity index (χ1) is 10.1. The van der Waals surface area contributed by atoms with Crippen LogP contribution in [0.15, 0.2) is 9.59 Å². The van der Waals surface area contributed by atoms with Crippen molar-refractivity contribution in [3.8, 4) is 0 Å². The number of rotatable bonds is 5. The molecule has 2 rings (SSSR count). The van der Waals surface area contributed by atoms with E-state index in [0.29, 0.717) is 25.4 Å². The second-order valence-corrected chi connectivity index (χ2v) is 5.27. The van der Waals surface area contributed by atoms with Gasteiger partial charge in [-0.2, -0.15) is 0 Å². The summed E-state index contributed by atoms with van der Waals surface area (Å²) in [5.74, 6) is 0.274. The van der Waals surface area contributed by atoms with Crippen molar-refractivity contribution < 1.29 is 9.84 Å². The molecule has 1 saturated heterocycles. The monoisotopic (exact) mass is 298 g/mol. The summed E-state index contributed by atoms with van der Waals surface area (Å²) >= 11 is 0. The Bertz CT molecular complexity index is 595. The highest BCUT2D eigenvalue weighted by Gasteiger charge is 2.24. The van der Waals surface area contributed by atoms with E-state index < -0.39 is 11.2 Å². The fourth-order valence-electron chi connectivity index (χ4n) is 2.70. The van der Waals surface area contributed by atoms with Crippen molar-refractivity contribution in [2.75, 3.05) is 44.0 Å². The van der Waals surface area contributed by atoms with Crippen LogP contribution in [0.1, 0.15) is 12.8 Å². The number of aromatic nitrogens is 2. The summed E-state index contributed by atoms with van der Waals surface area (Å²) in [5.41, 5.74) is 5.32. The van der Waals surface area contributed by atoms with Crippen LogP contribution in [-0.4, -0.2) is 48.1 Å². The zero-order valence-corrected chi connectivity index (χ0v) is 12.2. The van der Waals surface area contributed by atoms with E-state index in [-0.39, 0.29) is 24.9 Å². The average Bonchev–Trinajstić information content (AvgIpc) is 2.47. The van der Waals surface area contributed by atoms with Crippen molar-refractivity contribution >= 4 is 11.5 Å². The summed E-state index contributed by atoms with van der Waals surface area (Å²) in [6.45, 7) is 1.94. The summed E-state index contributed by atoms with van der Waals surface area (Å²) in [7, 11) is 1.53. The Balaban J connectivity index is 2.38. The predicted molar refractivity (Wildman–Crippen MR) is 79.6 cm³/mol. The number of H-pyrrole nitrogens is 1. The molecule has 1 atom stereocenters. The van der Waals surface area contributed by atoms with E-state index in [0.717, 1.165) is 12.8 Å². The standard InChI is InChI=1S/C13H22N4O4/c1-21-6-5-17-11(14)10(12(19)15-13(17)20)16-4-2-3-9(7-16)8-18/h9,18H,2-8,14H2,1H3,(H,15,19,20). The third-order valence-corrected chi connectivity index (χ3v) is 3.83. The molecule has 1 aliphatic heterocycles. The molecule has 1 aromatic heterocycles. The van der Waals surface area contributed by atoms with Gasteiger partial charge in [0.05, 0.1) is 13.2 Å². The Morgan fingerprint density at radius 3 is 2.90 bits per heavy atom. The second kappa shape index (κ2) is 6.77. The van der Waals surface area contributed by atoms with Gasteiger partial charge < -0.3 is 20.5 Å². The minimum atomic E-state index is -0.533. The third-order valence-electron chi connectivity index (χ3n) is 3.83. The number of nitrogens with two attached hydrogens (primary N) is 1. The Morgan fingerprint density at radius 1 is 1.48 bits per heavy atom. The van der Waals surface area contributed by atoms with Crippen LogP contribution in [0.4, 0.5) is 11.5 Å². The molecule has 8 nitrogen and oxygen atoms in total. The lowest BCUT2D eigenvalue weighted by Gasteiger charge is -2.33. The number of aliphatic hydroxyl groups excluding tert-OH is 1. The van der Waals surface area contributed by atoms with E-state index in [1.807, 2.05) is 4.90 Å². The van der Waals surface area contributed by atoms with Gasteiger partial charge in [0.2, 0.25) is 0 Å². The molecule has 1 unspecified atom stereocenters. The molecule has 0 spiro atoms. The quantitative estimate of drug-likeness (QED) is 0.641. The van der Waals surface area contributed by atoms with Gasteiger partial charge in [-0.15, -0.1) is 0 Å². The number of nitrogens with zero attached hydrogens (tertiary/aromatic N) is 2. The number of piperidine rings is 1. The van der Waals surface area contributed by atoms with Crippen molar-refractivity contribution in [1.29, 1.82) is 0 Å². The number of hydrogen-bond donors (Lipinski definition) is 3. The van der Waals surface area contributed by atoms with Crippen molar-refractivity contribution in [3.05, 3.63) is 20.8 Å². The molecule has 21 heavy (non-hydrogen) atoms. The molecule has 0 amide bonds. The number of ether oxygens (including phenoxy) is 1. The maximum absolute atomic E-state index is 12.1. The molecule has 8 heteroatoms. The fraction of sp³-hybridized carbons (Fsp3) is 0.692. The van der Waals surface area contributed by atoms with Crippen LogP contribution in [-0.2, 0) is 11.3 Å². The topological polar surface area (TPSA) is 114 Å². The maximum atomic E-state index is 12.1. The first-order valence-electron chi connectivity index (χ1n) is 7.05. The molecule has 1 aliphatic rings. The Kier molecular flexibility index (Phi) is 5.03. The lowest BCUT2D eigenvalue weighted by Crippen LogP contribution is -2.43. The molecule has 1 fully saturated rings. The van der Waals surface area contributed by atoms with E-state index >= 15 is 0 Å². The molecule has 0 saturated carbocycles. The van der Waals surface area contributed by atoms with Gasteiger partial charge in [-0.3, -0.25) is 14.3 Å². The first kappa shape index (κ1) is 15.6. The number of methoxy groups -OCH3 is 1. The van der Waals surface area contributed by atoms with Crippen LogP contribution < -0.4 is 21.9 Å². The van der Waals surface area contributed by atoms with E-state index in [4.69, 9.17) is 10.5 Å². The predicted octanol–water partition coefficient (Wildman–Crippen LogP) is -1.03. The summed E-state index contributed by atoms with van der Waals surface area (Å²) in [5, 5.41) is 9.29. The zero-order chi connectivity index (χ0) is 15.4. The van der Waals surface area contributed by atoms with E-state index in [1.54, 1.807) is 0 Å². The fourth-order valence-corrected chi connectivity index (χ4v) is 2.70. The maximum Gasteiger partial charge on any atom is 0.330 e. The number of nitrogens with one attached hydrogen (secondary N) is 1. The Hall–Kier alpha value is -1.80. The first-order valence-corrected chi connectivity index (χ1v) is 7.05. The van der Waals surface area contributed by atoms with E-state index in [1.165, 1.54) is 11.7 Å². The van der Waals surface area contributed by atoms with Crippen LogP contribution in [0.5, 0.6) is 0 Å². The van der Waals surface area contributed by atoms with Crippen molar-refractivity contribution in [1.82, 2.24) is 9.55 Å². The van der Waals surface area contributed by atoms with Gasteiger partial charge in [-0.05, 0) is 18.8 Å². The molecule has 0 aromatic carbocycles. The third kappa shape index (κ3) is 3.27. The number of aromatic amines is 1. The highest BCUT2D eigenvalue weighted by Crippen LogP contribution is 2.23. The molecule has 1 aromatic rings. The molecular weight excluding hydrogens is 276 g/mol. The average molecular weight is 298 g/mol. The van der Waals surface area contributed by atoms with Crippen LogP contribution in [0.3, 0.4) is 0 Å². The summed E-state index contributed by atoms with van der Waals surface area (Å²) < 4.78 is 6.26. The van der Waals surface area contributed by atoms with E-state index in [9.17, 15) is 14.7 Å². The number of nitrogen functional groups attached to an aromatic ring is 1. The zero-order valence-electron chi connectivity index (χ0n) is 12.2. The van der Waals surface area contributed by atoms with Crippen LogP contribution in [0.25, 0.3) is 0 Å². The largest absolute Gasteiger partial charge is 0.396 e. The Labute approximate surface area is 122 Å². The molecule has 0 aliphatic carbocycles. The lowest BCUT2D eigenvalue weighted by atomic mass is 9.99. The molecule has 2 heterocycles.